The van der Waals surface area contributed by atoms with Gasteiger partial charge in [0.2, 0.25) is 5.88 Å². The quantitative estimate of drug-likeness (QED) is 0.674. The molecule has 2 aromatic heterocycles. The Balaban J connectivity index is 1.61. The highest BCUT2D eigenvalue weighted by Crippen LogP contribution is 2.25. The summed E-state index contributed by atoms with van der Waals surface area (Å²) in [5, 5.41) is 12.0. The molecule has 0 aliphatic carbocycles. The highest BCUT2D eigenvalue weighted by molar-refractivity contribution is 5.98. The number of carbonyl (C=O) groups excluding carboxylic acids is 1. The van der Waals surface area contributed by atoms with Crippen LogP contribution in [0.3, 0.4) is 0 Å². The molecular weight excluding hydrogens is 322 g/mol. The van der Waals surface area contributed by atoms with Crippen molar-refractivity contribution in [1.82, 2.24) is 24.9 Å². The number of aryl methyl sites for hydroxylation is 2. The summed E-state index contributed by atoms with van der Waals surface area (Å²) in [6, 6.07) is 8.36. The third kappa shape index (κ3) is 3.52. The number of nitrogens with zero attached hydrogens (tertiary/aromatic N) is 4. The lowest BCUT2D eigenvalue weighted by Crippen LogP contribution is -2.27. The predicted octanol–water partition coefficient (Wildman–Crippen LogP) is 0.959. The summed E-state index contributed by atoms with van der Waals surface area (Å²) in [4.78, 5) is 23.8. The summed E-state index contributed by atoms with van der Waals surface area (Å²) in [6.45, 7) is 0.905. The first-order valence-electron chi connectivity index (χ1n) is 7.91. The van der Waals surface area contributed by atoms with Crippen molar-refractivity contribution in [3.8, 4) is 5.88 Å². The van der Waals surface area contributed by atoms with Crippen molar-refractivity contribution >= 4 is 16.8 Å². The SMILES string of the molecule is COc1c2ccc(C(=O)NCCCn3ncccc3=O)cc2nn1C. The van der Waals surface area contributed by atoms with E-state index in [-0.39, 0.29) is 11.5 Å². The first-order chi connectivity index (χ1) is 12.1. The average molecular weight is 341 g/mol. The second-order valence-corrected chi connectivity index (χ2v) is 5.56. The molecule has 0 bridgehead atoms. The van der Waals surface area contributed by atoms with E-state index in [9.17, 15) is 9.59 Å². The smallest absolute Gasteiger partial charge is 0.266 e. The van der Waals surface area contributed by atoms with Gasteiger partial charge in [0.1, 0.15) is 0 Å². The fourth-order valence-electron chi connectivity index (χ4n) is 2.65. The summed E-state index contributed by atoms with van der Waals surface area (Å²) in [7, 11) is 3.38. The Morgan fingerprint density at radius 3 is 2.92 bits per heavy atom. The molecule has 1 aromatic carbocycles. The third-order valence-corrected chi connectivity index (χ3v) is 3.85. The standard InChI is InChI=1S/C17H19N5O3/c1-21-17(25-2)13-7-6-12(11-14(13)20-21)16(24)18-8-4-10-22-15(23)5-3-9-19-22/h3,5-7,9,11H,4,8,10H2,1-2H3,(H,18,24). The molecule has 0 unspecified atom stereocenters. The van der Waals surface area contributed by atoms with Crippen molar-refractivity contribution in [2.75, 3.05) is 13.7 Å². The predicted molar refractivity (Wildman–Crippen MR) is 92.7 cm³/mol. The van der Waals surface area contributed by atoms with Crippen molar-refractivity contribution < 1.29 is 9.53 Å². The molecule has 0 spiro atoms. The van der Waals surface area contributed by atoms with Gasteiger partial charge in [0.05, 0.1) is 18.0 Å². The van der Waals surface area contributed by atoms with E-state index in [1.165, 1.54) is 10.7 Å². The molecule has 0 atom stereocenters. The normalized spacial score (nSPS) is 10.8. The maximum absolute atomic E-state index is 12.3. The van der Waals surface area contributed by atoms with Gasteiger partial charge in [0.25, 0.3) is 11.5 Å². The summed E-state index contributed by atoms with van der Waals surface area (Å²) < 4.78 is 8.31. The maximum atomic E-state index is 12.3. The molecule has 1 amide bonds. The van der Waals surface area contributed by atoms with Gasteiger partial charge in [-0.1, -0.05) is 0 Å². The monoisotopic (exact) mass is 341 g/mol. The van der Waals surface area contributed by atoms with E-state index in [1.807, 2.05) is 6.07 Å². The topological polar surface area (TPSA) is 91.0 Å². The van der Waals surface area contributed by atoms with E-state index < -0.39 is 0 Å². The molecule has 1 N–H and O–H groups in total. The van der Waals surface area contributed by atoms with Crippen LogP contribution in [0.5, 0.6) is 5.88 Å². The number of benzene rings is 1. The van der Waals surface area contributed by atoms with Crippen LogP contribution in [-0.2, 0) is 13.6 Å². The van der Waals surface area contributed by atoms with Gasteiger partial charge in [-0.05, 0) is 30.7 Å². The van der Waals surface area contributed by atoms with Gasteiger partial charge in [-0.3, -0.25) is 9.59 Å². The molecule has 25 heavy (non-hydrogen) atoms. The van der Waals surface area contributed by atoms with Crippen LogP contribution >= 0.6 is 0 Å². The van der Waals surface area contributed by atoms with E-state index in [0.29, 0.717) is 36.5 Å². The fourth-order valence-corrected chi connectivity index (χ4v) is 2.65. The number of nitrogens with one attached hydrogen (secondary N) is 1. The lowest BCUT2D eigenvalue weighted by Gasteiger charge is -2.06. The largest absolute Gasteiger partial charge is 0.481 e. The van der Waals surface area contributed by atoms with Crippen LogP contribution in [0.2, 0.25) is 0 Å². The van der Waals surface area contributed by atoms with Gasteiger partial charge >= 0.3 is 0 Å². The molecule has 0 saturated heterocycles. The number of hydrogen-bond donors (Lipinski definition) is 1. The Hall–Kier alpha value is -3.16. The van der Waals surface area contributed by atoms with Crippen molar-refractivity contribution in [2.24, 2.45) is 7.05 Å². The average Bonchev–Trinajstić information content (AvgIpc) is 2.93. The molecule has 0 fully saturated rings. The second-order valence-electron chi connectivity index (χ2n) is 5.56. The van der Waals surface area contributed by atoms with E-state index in [0.717, 1.165) is 5.39 Å². The first kappa shape index (κ1) is 16.7. The summed E-state index contributed by atoms with van der Waals surface area (Å²) in [6.07, 6.45) is 2.18. The minimum atomic E-state index is -0.181. The molecule has 0 aliphatic rings. The van der Waals surface area contributed by atoms with E-state index in [1.54, 1.807) is 43.2 Å². The molecule has 3 rings (SSSR count). The number of methoxy groups -OCH3 is 1. The number of hydrogen-bond acceptors (Lipinski definition) is 5. The number of ether oxygens (including phenoxy) is 1. The molecule has 8 nitrogen and oxygen atoms in total. The molecule has 8 heteroatoms. The molecule has 0 aliphatic heterocycles. The van der Waals surface area contributed by atoms with Gasteiger partial charge in [-0.15, -0.1) is 0 Å². The Labute approximate surface area is 144 Å². The van der Waals surface area contributed by atoms with Crippen molar-refractivity contribution in [3.63, 3.8) is 0 Å². The maximum Gasteiger partial charge on any atom is 0.266 e. The minimum absolute atomic E-state index is 0.150. The second kappa shape index (κ2) is 7.16. The van der Waals surface area contributed by atoms with Crippen LogP contribution in [0, 0.1) is 0 Å². The van der Waals surface area contributed by atoms with Crippen LogP contribution in [0.15, 0.2) is 41.3 Å². The van der Waals surface area contributed by atoms with Gasteiger partial charge in [0.15, 0.2) is 0 Å². The van der Waals surface area contributed by atoms with Gasteiger partial charge < -0.3 is 10.1 Å². The van der Waals surface area contributed by atoms with Gasteiger partial charge in [0, 0.05) is 38.0 Å². The molecule has 2 heterocycles. The van der Waals surface area contributed by atoms with Gasteiger partial charge in [-0.25, -0.2) is 9.36 Å². The highest BCUT2D eigenvalue weighted by atomic mass is 16.5. The minimum Gasteiger partial charge on any atom is -0.481 e. The van der Waals surface area contributed by atoms with Crippen LogP contribution in [0.4, 0.5) is 0 Å². The van der Waals surface area contributed by atoms with Gasteiger partial charge in [-0.2, -0.15) is 10.2 Å². The number of fused-ring (bicyclic) bond motifs is 1. The number of carbonyl (C=O) groups is 1. The van der Waals surface area contributed by atoms with Crippen LogP contribution in [0.1, 0.15) is 16.8 Å². The van der Waals surface area contributed by atoms with Crippen LogP contribution < -0.4 is 15.6 Å². The Bertz CT molecular complexity index is 960. The van der Waals surface area contributed by atoms with E-state index >= 15 is 0 Å². The van der Waals surface area contributed by atoms with E-state index in [4.69, 9.17) is 4.74 Å². The number of aromatic nitrogens is 4. The fraction of sp³-hybridized carbons (Fsp3) is 0.294. The van der Waals surface area contributed by atoms with Crippen LogP contribution in [0.25, 0.3) is 10.9 Å². The number of amides is 1. The van der Waals surface area contributed by atoms with Crippen molar-refractivity contribution in [1.29, 1.82) is 0 Å². The van der Waals surface area contributed by atoms with Crippen molar-refractivity contribution in [2.45, 2.75) is 13.0 Å². The Morgan fingerprint density at radius 1 is 1.32 bits per heavy atom. The molecule has 130 valence electrons. The lowest BCUT2D eigenvalue weighted by molar-refractivity contribution is 0.0952. The Morgan fingerprint density at radius 2 is 2.16 bits per heavy atom. The third-order valence-electron chi connectivity index (χ3n) is 3.85. The first-order valence-corrected chi connectivity index (χ1v) is 7.91. The summed E-state index contributed by atoms with van der Waals surface area (Å²) in [5.41, 5.74) is 1.08. The van der Waals surface area contributed by atoms with Crippen molar-refractivity contribution in [3.05, 3.63) is 52.4 Å². The molecule has 0 saturated carbocycles. The summed E-state index contributed by atoms with van der Waals surface area (Å²) in [5.74, 6) is 0.475. The summed E-state index contributed by atoms with van der Waals surface area (Å²) >= 11 is 0. The zero-order valence-corrected chi connectivity index (χ0v) is 14.1. The molecule has 3 aromatic rings. The zero-order chi connectivity index (χ0) is 17.8. The lowest BCUT2D eigenvalue weighted by atomic mass is 10.1. The molecular formula is C17H19N5O3. The van der Waals surface area contributed by atoms with E-state index in [2.05, 4.69) is 15.5 Å². The Kier molecular flexibility index (Phi) is 4.78. The highest BCUT2D eigenvalue weighted by Gasteiger charge is 2.12. The number of rotatable bonds is 6. The van der Waals surface area contributed by atoms with Crippen LogP contribution in [-0.4, -0.2) is 39.1 Å². The molecule has 0 radical (unpaired) electrons. The zero-order valence-electron chi connectivity index (χ0n) is 14.1.